The largest absolute Gasteiger partial charge is 0.444 e. The van der Waals surface area contributed by atoms with Crippen molar-refractivity contribution in [2.45, 2.75) is 51.8 Å². The quantitative estimate of drug-likeness (QED) is 0.303. The van der Waals surface area contributed by atoms with Crippen LogP contribution in [0.5, 0.6) is 0 Å². The van der Waals surface area contributed by atoms with Gasteiger partial charge in [0.2, 0.25) is 0 Å². The summed E-state index contributed by atoms with van der Waals surface area (Å²) in [6.07, 6.45) is 4.07. The Kier molecular flexibility index (Phi) is 7.21. The van der Waals surface area contributed by atoms with Crippen LogP contribution < -0.4 is 16.5 Å². The zero-order chi connectivity index (χ0) is 16.8. The Morgan fingerprint density at radius 2 is 2.14 bits per heavy atom. The van der Waals surface area contributed by atoms with E-state index >= 15 is 0 Å². The van der Waals surface area contributed by atoms with Crippen LogP contribution in [-0.4, -0.2) is 45.8 Å². The molecule has 0 saturated carbocycles. The molecule has 0 aromatic rings. The highest BCUT2D eigenvalue weighted by molar-refractivity contribution is 8.13. The minimum atomic E-state index is -0.519. The van der Waals surface area contributed by atoms with E-state index in [9.17, 15) is 4.79 Å². The second-order valence-electron chi connectivity index (χ2n) is 5.92. The van der Waals surface area contributed by atoms with Crippen LogP contribution in [0.4, 0.5) is 4.79 Å². The van der Waals surface area contributed by atoms with Crippen molar-refractivity contribution in [2.75, 3.05) is 12.8 Å². The number of thiocarbonyl (C=S) groups is 1. The Morgan fingerprint density at radius 1 is 1.45 bits per heavy atom. The van der Waals surface area contributed by atoms with Gasteiger partial charge in [0.05, 0.1) is 0 Å². The molecule has 1 unspecified atom stereocenters. The van der Waals surface area contributed by atoms with Gasteiger partial charge in [-0.05, 0) is 58.5 Å². The van der Waals surface area contributed by atoms with Gasteiger partial charge in [0.25, 0.3) is 0 Å². The van der Waals surface area contributed by atoms with Gasteiger partial charge >= 0.3 is 6.09 Å². The Hall–Kier alpha value is -1.22. The number of nitrogens with zero attached hydrogens (tertiary/aromatic N) is 2. The highest BCUT2D eigenvalue weighted by atomic mass is 32.2. The maximum Gasteiger partial charge on any atom is 0.411 e. The number of nitrogens with one attached hydrogen (secondary N) is 2. The molecule has 1 heterocycles. The Labute approximate surface area is 141 Å². The molecule has 1 rings (SSSR count). The first-order valence-electron chi connectivity index (χ1n) is 7.16. The number of likely N-dealkylation sites (tertiary alicyclic amines) is 1. The van der Waals surface area contributed by atoms with E-state index < -0.39 is 5.60 Å². The van der Waals surface area contributed by atoms with Crippen LogP contribution in [0, 0.1) is 0 Å². The van der Waals surface area contributed by atoms with Crippen LogP contribution in [0.15, 0.2) is 5.10 Å². The molecule has 9 heteroatoms. The standard InChI is InChI=1S/C13H25N5O2S2/c1-13(2,3)20-12(19)18-8-6-5-7-9(18)15-11(21)17-16-10(14)22-4/h9H,5-8H2,1-4H3,(H2,14,16)(H2,15,17,21). The maximum atomic E-state index is 12.3. The van der Waals surface area contributed by atoms with Crippen molar-refractivity contribution in [3.8, 4) is 0 Å². The van der Waals surface area contributed by atoms with Gasteiger partial charge in [0, 0.05) is 6.54 Å². The number of carbonyl (C=O) groups excluding carboxylic acids is 1. The minimum absolute atomic E-state index is 0.200. The molecule has 0 radical (unpaired) electrons. The Morgan fingerprint density at radius 3 is 2.73 bits per heavy atom. The zero-order valence-corrected chi connectivity index (χ0v) is 15.1. The summed E-state index contributed by atoms with van der Waals surface area (Å²) in [5.41, 5.74) is 7.73. The zero-order valence-electron chi connectivity index (χ0n) is 13.5. The molecule has 0 aromatic heterocycles. The van der Waals surface area contributed by atoms with Crippen LogP contribution in [0.2, 0.25) is 0 Å². The highest BCUT2D eigenvalue weighted by Gasteiger charge is 2.30. The number of hydrazone groups is 1. The van der Waals surface area contributed by atoms with Crippen LogP contribution >= 0.6 is 24.0 Å². The number of carbonyl (C=O) groups is 1. The van der Waals surface area contributed by atoms with Gasteiger partial charge in [-0.1, -0.05) is 11.8 Å². The van der Waals surface area contributed by atoms with Crippen molar-refractivity contribution < 1.29 is 9.53 Å². The van der Waals surface area contributed by atoms with Gasteiger partial charge in [0.15, 0.2) is 10.3 Å². The number of ether oxygens (including phenoxy) is 1. The summed E-state index contributed by atoms with van der Waals surface area (Å²) >= 11 is 6.50. The molecule has 1 amide bonds. The number of hydrogen-bond acceptors (Lipinski definition) is 5. The normalized spacial score (nSPS) is 19.5. The van der Waals surface area contributed by atoms with E-state index in [2.05, 4.69) is 15.8 Å². The molecule has 7 nitrogen and oxygen atoms in total. The van der Waals surface area contributed by atoms with Gasteiger partial charge in [-0.2, -0.15) is 0 Å². The first-order valence-corrected chi connectivity index (χ1v) is 8.79. The van der Waals surface area contributed by atoms with Crippen LogP contribution in [0.1, 0.15) is 40.0 Å². The molecule has 22 heavy (non-hydrogen) atoms. The highest BCUT2D eigenvalue weighted by Crippen LogP contribution is 2.18. The molecular weight excluding hydrogens is 322 g/mol. The van der Waals surface area contributed by atoms with Crippen molar-refractivity contribution in [1.82, 2.24) is 15.6 Å². The molecule has 1 fully saturated rings. The van der Waals surface area contributed by atoms with Crippen molar-refractivity contribution in [1.29, 1.82) is 0 Å². The first-order chi connectivity index (χ1) is 10.2. The molecule has 4 N–H and O–H groups in total. The average Bonchev–Trinajstić information content (AvgIpc) is 2.43. The van der Waals surface area contributed by atoms with Crippen LogP contribution in [-0.2, 0) is 4.74 Å². The average molecular weight is 348 g/mol. The van der Waals surface area contributed by atoms with Gasteiger partial charge in [-0.25, -0.2) is 4.79 Å². The van der Waals surface area contributed by atoms with Gasteiger partial charge in [0.1, 0.15) is 11.8 Å². The third-order valence-corrected chi connectivity index (χ3v) is 3.62. The fourth-order valence-corrected chi connectivity index (χ4v) is 2.27. The predicted octanol–water partition coefficient (Wildman–Crippen LogP) is 1.79. The van der Waals surface area contributed by atoms with Gasteiger partial charge < -0.3 is 15.8 Å². The lowest BCUT2D eigenvalue weighted by Gasteiger charge is -2.37. The molecule has 1 saturated heterocycles. The van der Waals surface area contributed by atoms with Crippen LogP contribution in [0.25, 0.3) is 0 Å². The molecular formula is C13H25N5O2S2. The van der Waals surface area contributed by atoms with Crippen LogP contribution in [0.3, 0.4) is 0 Å². The third kappa shape index (κ3) is 6.69. The third-order valence-electron chi connectivity index (χ3n) is 2.91. The lowest BCUT2D eigenvalue weighted by molar-refractivity contribution is 0.00805. The molecule has 1 aliphatic heterocycles. The van der Waals surface area contributed by atoms with Gasteiger partial charge in [-0.3, -0.25) is 10.3 Å². The van der Waals surface area contributed by atoms with Crippen molar-refractivity contribution in [3.05, 3.63) is 0 Å². The smallest absolute Gasteiger partial charge is 0.411 e. The molecule has 1 aliphatic rings. The predicted molar refractivity (Wildman–Crippen MR) is 94.6 cm³/mol. The van der Waals surface area contributed by atoms with Crippen molar-refractivity contribution in [3.63, 3.8) is 0 Å². The number of amides is 1. The monoisotopic (exact) mass is 347 g/mol. The lowest BCUT2D eigenvalue weighted by atomic mass is 10.1. The van der Waals surface area contributed by atoms with E-state index in [0.717, 1.165) is 19.3 Å². The summed E-state index contributed by atoms with van der Waals surface area (Å²) in [6.45, 7) is 6.20. The Balaban J connectivity index is 2.61. The molecule has 1 atom stereocenters. The van der Waals surface area contributed by atoms with E-state index in [0.29, 0.717) is 16.8 Å². The summed E-state index contributed by atoms with van der Waals surface area (Å²) in [7, 11) is 0. The summed E-state index contributed by atoms with van der Waals surface area (Å²) in [4.78, 5) is 13.9. The van der Waals surface area contributed by atoms with E-state index in [4.69, 9.17) is 22.7 Å². The number of rotatable bonds is 2. The topological polar surface area (TPSA) is 92.0 Å². The minimum Gasteiger partial charge on any atom is -0.444 e. The molecule has 0 bridgehead atoms. The van der Waals surface area contributed by atoms with E-state index in [1.54, 1.807) is 4.90 Å². The van der Waals surface area contributed by atoms with Crippen molar-refractivity contribution in [2.24, 2.45) is 10.8 Å². The van der Waals surface area contributed by atoms with E-state index in [1.165, 1.54) is 11.8 Å². The number of piperidine rings is 1. The number of hydrogen-bond donors (Lipinski definition) is 3. The second kappa shape index (κ2) is 8.42. The molecule has 0 spiro atoms. The summed E-state index contributed by atoms with van der Waals surface area (Å²) in [6, 6.07) is 0. The lowest BCUT2D eigenvalue weighted by Crippen LogP contribution is -2.55. The number of amidine groups is 1. The number of nitrogens with two attached hydrogens (primary N) is 1. The number of thioether (sulfide) groups is 1. The molecule has 0 aliphatic carbocycles. The SMILES string of the molecule is CS/C(N)=N\NC(=S)NC1CCCCN1C(=O)OC(C)(C)C. The van der Waals surface area contributed by atoms with E-state index in [-0.39, 0.29) is 12.3 Å². The van der Waals surface area contributed by atoms with Crippen molar-refractivity contribution >= 4 is 40.4 Å². The van der Waals surface area contributed by atoms with Gasteiger partial charge in [-0.15, -0.1) is 5.10 Å². The summed E-state index contributed by atoms with van der Waals surface area (Å²) < 4.78 is 5.44. The maximum absolute atomic E-state index is 12.3. The molecule has 126 valence electrons. The Bertz CT molecular complexity index is 437. The van der Waals surface area contributed by atoms with E-state index in [1.807, 2.05) is 27.0 Å². The first kappa shape index (κ1) is 18.8. The fraction of sp³-hybridized carbons (Fsp3) is 0.769. The molecule has 0 aromatic carbocycles. The summed E-state index contributed by atoms with van der Waals surface area (Å²) in [5.74, 6) is 0. The second-order valence-corrected chi connectivity index (χ2v) is 7.16. The fourth-order valence-electron chi connectivity index (χ4n) is 1.96. The summed E-state index contributed by atoms with van der Waals surface area (Å²) in [5, 5.41) is 7.71.